The number of carbonyl (C=O) groups excluding carboxylic acids is 1. The van der Waals surface area contributed by atoms with Gasteiger partial charge in [-0.1, -0.05) is 13.8 Å². The van der Waals surface area contributed by atoms with Gasteiger partial charge in [0.25, 0.3) is 0 Å². The number of rotatable bonds is 6. The highest BCUT2D eigenvalue weighted by molar-refractivity contribution is 5.79. The Morgan fingerprint density at radius 3 is 2.80 bits per heavy atom. The van der Waals surface area contributed by atoms with Gasteiger partial charge in [0.05, 0.1) is 6.61 Å². The second-order valence-corrected chi connectivity index (χ2v) is 4.60. The fourth-order valence-electron chi connectivity index (χ4n) is 1.61. The minimum absolute atomic E-state index is 0.0214. The van der Waals surface area contributed by atoms with Crippen molar-refractivity contribution in [2.45, 2.75) is 32.7 Å². The second-order valence-electron chi connectivity index (χ2n) is 4.60. The third-order valence-corrected chi connectivity index (χ3v) is 2.59. The number of amides is 1. The summed E-state index contributed by atoms with van der Waals surface area (Å²) in [6.45, 7) is 7.13. The first-order valence-electron chi connectivity index (χ1n) is 5.70. The number of likely N-dealkylation sites (tertiary alicyclic amines) is 1. The van der Waals surface area contributed by atoms with Gasteiger partial charge in [0.2, 0.25) is 5.91 Å². The lowest BCUT2D eigenvalue weighted by atomic mass is 10.1. The second kappa shape index (κ2) is 6.08. The number of hydrogen-bond acceptors (Lipinski definition) is 3. The van der Waals surface area contributed by atoms with E-state index in [9.17, 15) is 4.79 Å². The van der Waals surface area contributed by atoms with Gasteiger partial charge in [-0.15, -0.1) is 0 Å². The Morgan fingerprint density at radius 1 is 1.53 bits per heavy atom. The summed E-state index contributed by atoms with van der Waals surface area (Å²) in [7, 11) is 0. The SMILES string of the molecule is CC(C)CCOCCN1CC(N)CC1=O. The van der Waals surface area contributed by atoms with Crippen molar-refractivity contribution in [1.82, 2.24) is 4.90 Å². The molecule has 1 unspecified atom stereocenters. The van der Waals surface area contributed by atoms with Gasteiger partial charge in [0.1, 0.15) is 0 Å². The molecule has 1 atom stereocenters. The standard InChI is InChI=1S/C11H22N2O2/c1-9(2)3-5-15-6-4-13-8-10(12)7-11(13)14/h9-10H,3-8,12H2,1-2H3. The van der Waals surface area contributed by atoms with Crippen LogP contribution in [0.2, 0.25) is 0 Å². The molecule has 1 rings (SSSR count). The Labute approximate surface area is 91.8 Å². The first kappa shape index (κ1) is 12.5. The van der Waals surface area contributed by atoms with Crippen LogP contribution in [0.3, 0.4) is 0 Å². The Balaban J connectivity index is 2.03. The van der Waals surface area contributed by atoms with Crippen LogP contribution in [-0.2, 0) is 9.53 Å². The summed E-state index contributed by atoms with van der Waals surface area (Å²) < 4.78 is 5.46. The van der Waals surface area contributed by atoms with Gasteiger partial charge in [-0.05, 0) is 12.3 Å². The molecule has 0 spiro atoms. The summed E-state index contributed by atoms with van der Waals surface area (Å²) in [4.78, 5) is 13.1. The molecule has 0 aromatic rings. The molecule has 0 aliphatic carbocycles. The predicted molar refractivity (Wildman–Crippen MR) is 59.4 cm³/mol. The highest BCUT2D eigenvalue weighted by atomic mass is 16.5. The van der Waals surface area contributed by atoms with Crippen LogP contribution in [0.1, 0.15) is 26.7 Å². The van der Waals surface area contributed by atoms with Gasteiger partial charge >= 0.3 is 0 Å². The van der Waals surface area contributed by atoms with Gasteiger partial charge < -0.3 is 15.4 Å². The van der Waals surface area contributed by atoms with Crippen LogP contribution in [0.5, 0.6) is 0 Å². The molecule has 0 radical (unpaired) electrons. The van der Waals surface area contributed by atoms with Crippen molar-refractivity contribution >= 4 is 5.91 Å². The Kier molecular flexibility index (Phi) is 5.05. The zero-order valence-electron chi connectivity index (χ0n) is 9.74. The summed E-state index contributed by atoms with van der Waals surface area (Å²) in [5.41, 5.74) is 5.68. The highest BCUT2D eigenvalue weighted by Crippen LogP contribution is 2.08. The summed E-state index contributed by atoms with van der Waals surface area (Å²) in [6, 6.07) is 0.0214. The zero-order chi connectivity index (χ0) is 11.3. The average molecular weight is 214 g/mol. The zero-order valence-corrected chi connectivity index (χ0v) is 9.74. The molecular weight excluding hydrogens is 192 g/mol. The Hall–Kier alpha value is -0.610. The van der Waals surface area contributed by atoms with Crippen molar-refractivity contribution in [3.63, 3.8) is 0 Å². The molecule has 4 nitrogen and oxygen atoms in total. The van der Waals surface area contributed by atoms with Crippen LogP contribution < -0.4 is 5.73 Å². The maximum atomic E-state index is 11.3. The number of ether oxygens (including phenoxy) is 1. The highest BCUT2D eigenvalue weighted by Gasteiger charge is 2.26. The van der Waals surface area contributed by atoms with Crippen LogP contribution in [0.25, 0.3) is 0 Å². The molecule has 0 aromatic heterocycles. The summed E-state index contributed by atoms with van der Waals surface area (Å²) in [5, 5.41) is 0. The third-order valence-electron chi connectivity index (χ3n) is 2.59. The molecule has 0 aromatic carbocycles. The fourth-order valence-corrected chi connectivity index (χ4v) is 1.61. The predicted octanol–water partition coefficient (Wildman–Crippen LogP) is 0.609. The number of nitrogens with zero attached hydrogens (tertiary/aromatic N) is 1. The van der Waals surface area contributed by atoms with Crippen molar-refractivity contribution in [1.29, 1.82) is 0 Å². The monoisotopic (exact) mass is 214 g/mol. The van der Waals surface area contributed by atoms with E-state index in [1.54, 1.807) is 4.90 Å². The van der Waals surface area contributed by atoms with Gasteiger partial charge in [0.15, 0.2) is 0 Å². The minimum atomic E-state index is 0.0214. The van der Waals surface area contributed by atoms with E-state index in [1.165, 1.54) is 0 Å². The molecule has 0 bridgehead atoms. The summed E-state index contributed by atoms with van der Waals surface area (Å²) in [6.07, 6.45) is 1.57. The lowest BCUT2D eigenvalue weighted by Gasteiger charge is -2.15. The molecule has 1 aliphatic heterocycles. The van der Waals surface area contributed by atoms with Gasteiger partial charge in [-0.2, -0.15) is 0 Å². The van der Waals surface area contributed by atoms with Crippen molar-refractivity contribution < 1.29 is 9.53 Å². The average Bonchev–Trinajstić information content (AvgIpc) is 2.44. The number of nitrogens with two attached hydrogens (primary N) is 1. The molecule has 88 valence electrons. The number of hydrogen-bond donors (Lipinski definition) is 1. The maximum Gasteiger partial charge on any atom is 0.224 e. The smallest absolute Gasteiger partial charge is 0.224 e. The minimum Gasteiger partial charge on any atom is -0.380 e. The quantitative estimate of drug-likeness (QED) is 0.659. The van der Waals surface area contributed by atoms with Crippen LogP contribution in [0.4, 0.5) is 0 Å². The van der Waals surface area contributed by atoms with Gasteiger partial charge in [0, 0.05) is 32.2 Å². The molecular formula is C11H22N2O2. The first-order chi connectivity index (χ1) is 7.09. The third kappa shape index (κ3) is 4.62. The van der Waals surface area contributed by atoms with Crippen LogP contribution >= 0.6 is 0 Å². The maximum absolute atomic E-state index is 11.3. The lowest BCUT2D eigenvalue weighted by Crippen LogP contribution is -2.31. The van der Waals surface area contributed by atoms with E-state index in [-0.39, 0.29) is 11.9 Å². The molecule has 2 N–H and O–H groups in total. The first-order valence-corrected chi connectivity index (χ1v) is 5.70. The Morgan fingerprint density at radius 2 is 2.27 bits per heavy atom. The number of carbonyl (C=O) groups is 1. The van der Waals surface area contributed by atoms with E-state index in [0.717, 1.165) is 13.0 Å². The van der Waals surface area contributed by atoms with Gasteiger partial charge in [-0.25, -0.2) is 0 Å². The van der Waals surface area contributed by atoms with Crippen molar-refractivity contribution in [2.75, 3.05) is 26.3 Å². The normalized spacial score (nSPS) is 21.7. The van der Waals surface area contributed by atoms with Crippen molar-refractivity contribution in [3.05, 3.63) is 0 Å². The van der Waals surface area contributed by atoms with E-state index < -0.39 is 0 Å². The van der Waals surface area contributed by atoms with Gasteiger partial charge in [-0.3, -0.25) is 4.79 Å². The molecule has 1 amide bonds. The fraction of sp³-hybridized carbons (Fsp3) is 0.909. The van der Waals surface area contributed by atoms with Crippen molar-refractivity contribution in [2.24, 2.45) is 11.7 Å². The van der Waals surface area contributed by atoms with Crippen molar-refractivity contribution in [3.8, 4) is 0 Å². The molecule has 4 heteroatoms. The molecule has 0 saturated carbocycles. The summed E-state index contributed by atoms with van der Waals surface area (Å²) >= 11 is 0. The molecule has 1 aliphatic rings. The molecule has 15 heavy (non-hydrogen) atoms. The molecule has 1 saturated heterocycles. The molecule has 1 heterocycles. The van der Waals surface area contributed by atoms with Crippen LogP contribution in [-0.4, -0.2) is 43.2 Å². The lowest BCUT2D eigenvalue weighted by molar-refractivity contribution is -0.128. The van der Waals surface area contributed by atoms with E-state index in [0.29, 0.717) is 32.0 Å². The van der Waals surface area contributed by atoms with Crippen LogP contribution in [0.15, 0.2) is 0 Å². The molecule has 1 fully saturated rings. The van der Waals surface area contributed by atoms with Crippen LogP contribution in [0, 0.1) is 5.92 Å². The Bertz CT molecular complexity index is 207. The largest absolute Gasteiger partial charge is 0.380 e. The van der Waals surface area contributed by atoms with E-state index in [1.807, 2.05) is 0 Å². The topological polar surface area (TPSA) is 55.6 Å². The summed E-state index contributed by atoms with van der Waals surface area (Å²) in [5.74, 6) is 0.835. The van der Waals surface area contributed by atoms with E-state index >= 15 is 0 Å². The van der Waals surface area contributed by atoms with E-state index in [2.05, 4.69) is 13.8 Å². The van der Waals surface area contributed by atoms with E-state index in [4.69, 9.17) is 10.5 Å².